The third kappa shape index (κ3) is 11.3. The van der Waals surface area contributed by atoms with Gasteiger partial charge in [-0.1, -0.05) is 145 Å². The molecule has 0 saturated heterocycles. The molecule has 0 radical (unpaired) electrons. The molecule has 1 atom stereocenters. The van der Waals surface area contributed by atoms with E-state index >= 15 is 0 Å². The first kappa shape index (κ1) is 43.8. The average Bonchev–Trinajstić information content (AvgIpc) is 3.33. The average molecular weight is 950 g/mol. The van der Waals surface area contributed by atoms with Crippen LogP contribution >= 0.6 is 30.6 Å². The zero-order valence-corrected chi connectivity index (χ0v) is 38.4. The zero-order chi connectivity index (χ0) is 45.0. The second-order valence-electron chi connectivity index (χ2n) is 13.9. The van der Waals surface area contributed by atoms with Crippen molar-refractivity contribution < 1.29 is 36.2 Å². The van der Waals surface area contributed by atoms with Crippen LogP contribution in [0.1, 0.15) is 5.56 Å². The predicted octanol–water partition coefficient (Wildman–Crippen LogP) is 16.3. The second kappa shape index (κ2) is 20.2. The molecule has 0 amide bonds. The summed E-state index contributed by atoms with van der Waals surface area (Å²) in [7, 11) is -17.7. The highest BCUT2D eigenvalue weighted by molar-refractivity contribution is 7.79. The van der Waals surface area contributed by atoms with E-state index in [9.17, 15) is 5.26 Å². The summed E-state index contributed by atoms with van der Waals surface area (Å²) in [5.41, 5.74) is 0.393. The topological polar surface area (TPSA) is 147 Å². The van der Waals surface area contributed by atoms with Gasteiger partial charge in [-0.3, -0.25) is 0 Å². The molecule has 66 heavy (non-hydrogen) atoms. The molecule has 8 aromatic carbocycles. The fourth-order valence-corrected chi connectivity index (χ4v) is 18.2. The molecule has 1 aliphatic rings. The number of nitriles is 1. The van der Waals surface area contributed by atoms with Crippen LogP contribution in [0.2, 0.25) is 0 Å². The molecule has 13 nitrogen and oxygen atoms in total. The summed E-state index contributed by atoms with van der Waals surface area (Å²) in [5.74, 6) is 2.50. The minimum atomic E-state index is -4.46. The highest BCUT2D eigenvalue weighted by atomic mass is 31.3. The first-order valence-electron chi connectivity index (χ1n) is 20.4. The molecule has 0 N–H and O–H groups in total. The van der Waals surface area contributed by atoms with E-state index < -0.39 is 30.6 Å². The number of benzene rings is 8. The van der Waals surface area contributed by atoms with Crippen molar-refractivity contribution in [3.63, 3.8) is 0 Å². The largest absolute Gasteiger partial charge is 0.460 e. The van der Waals surface area contributed by atoms with Crippen LogP contribution in [0.15, 0.2) is 255 Å². The van der Waals surface area contributed by atoms with Crippen molar-refractivity contribution in [2.75, 3.05) is 0 Å². The zero-order valence-electron chi connectivity index (χ0n) is 34.8. The van der Waals surface area contributed by atoms with Crippen molar-refractivity contribution in [2.45, 2.75) is 0 Å². The third-order valence-electron chi connectivity index (χ3n) is 8.88. The lowest BCUT2D eigenvalue weighted by molar-refractivity contribution is 0.444. The second-order valence-corrected chi connectivity index (χ2v) is 22.1. The van der Waals surface area contributed by atoms with Gasteiger partial charge in [0.25, 0.3) is 0 Å². The third-order valence-corrected chi connectivity index (χ3v) is 19.7. The Morgan fingerprint density at radius 3 is 0.576 bits per heavy atom. The highest BCUT2D eigenvalue weighted by Gasteiger charge is 2.49. The molecule has 0 bridgehead atoms. The van der Waals surface area contributed by atoms with E-state index in [1.165, 1.54) is 0 Å². The molecule has 0 aliphatic carbocycles. The van der Waals surface area contributed by atoms with Gasteiger partial charge in [0.1, 0.15) is 46.0 Å². The molecule has 328 valence electrons. The van der Waals surface area contributed by atoms with Crippen LogP contribution in [0, 0.1) is 11.3 Å². The number of nitrogens with zero attached hydrogens (tertiary/aromatic N) is 5. The summed E-state index contributed by atoms with van der Waals surface area (Å²) in [6.45, 7) is 0. The van der Waals surface area contributed by atoms with Crippen LogP contribution in [0.5, 0.6) is 46.0 Å². The molecular weight excluding hydrogens is 910 g/mol. The van der Waals surface area contributed by atoms with Gasteiger partial charge in [0.15, 0.2) is 0 Å². The summed E-state index contributed by atoms with van der Waals surface area (Å²) in [6, 6.07) is 71.4. The van der Waals surface area contributed by atoms with Gasteiger partial charge in [0, 0.05) is 0 Å². The van der Waals surface area contributed by atoms with Crippen molar-refractivity contribution in [1.29, 1.82) is 5.26 Å². The summed E-state index contributed by atoms with van der Waals surface area (Å²) in [6.07, 6.45) is 0. The molecule has 0 spiro atoms. The maximum absolute atomic E-state index is 9.77. The fourth-order valence-electron chi connectivity index (χ4n) is 6.07. The lowest BCUT2D eigenvalue weighted by Gasteiger charge is -2.33. The number of para-hydroxylation sites is 7. The standard InChI is InChI=1S/C49H39N5O8P4/c50-40-41-36-38-49(39-37-41)62-66(61-48-34-20-7-21-35-48)53-64(57-44-26-12-3-13-27-44,58-45-28-14-4-15-29-45)51-63(55-42-22-8-1-9-23-42,56-43-24-10-2-11-25-43)52-65(54-66,59-46-30-16-5-17-31-46)60-47-32-18-6-19-33-47/h1-39H. The Bertz CT molecular complexity index is 2920. The van der Waals surface area contributed by atoms with Crippen LogP contribution in [-0.2, 0) is 0 Å². The molecule has 17 heteroatoms. The van der Waals surface area contributed by atoms with Crippen molar-refractivity contribution in [2.24, 2.45) is 18.1 Å². The molecule has 8 aromatic rings. The van der Waals surface area contributed by atoms with Gasteiger partial charge in [-0.05, 0) is 109 Å². The molecule has 0 fully saturated rings. The van der Waals surface area contributed by atoms with Gasteiger partial charge < -0.3 is 36.2 Å². The summed E-state index contributed by atoms with van der Waals surface area (Å²) in [5, 5.41) is 9.77. The SMILES string of the molecule is N#Cc1ccc(OP2(Oc3ccccc3)=NP(Oc3ccccc3)(Oc3ccccc3)=NP(Oc3ccccc3)(Oc3ccccc3)=NP(Oc3ccccc3)(Oc3ccccc3)=N2)cc1. The summed E-state index contributed by atoms with van der Waals surface area (Å²) in [4.78, 5) is 0. The van der Waals surface area contributed by atoms with E-state index in [1.807, 2.05) is 115 Å². The lowest BCUT2D eigenvalue weighted by Crippen LogP contribution is -2.11. The Hall–Kier alpha value is -7.43. The van der Waals surface area contributed by atoms with Crippen molar-refractivity contribution in [3.8, 4) is 52.1 Å². The van der Waals surface area contributed by atoms with Gasteiger partial charge in [-0.15, -0.1) is 0 Å². The van der Waals surface area contributed by atoms with Crippen LogP contribution in [0.25, 0.3) is 0 Å². The van der Waals surface area contributed by atoms with Crippen molar-refractivity contribution in [3.05, 3.63) is 242 Å². The molecule has 1 unspecified atom stereocenters. The van der Waals surface area contributed by atoms with E-state index in [1.54, 1.807) is 121 Å². The number of rotatable bonds is 16. The highest BCUT2D eigenvalue weighted by Crippen LogP contribution is 2.79. The van der Waals surface area contributed by atoms with Crippen LogP contribution in [0.4, 0.5) is 0 Å². The summed E-state index contributed by atoms with van der Waals surface area (Å²) >= 11 is 0. The maximum atomic E-state index is 9.77. The fraction of sp³-hybridized carbons (Fsp3) is 0. The Kier molecular flexibility index (Phi) is 13.4. The van der Waals surface area contributed by atoms with Gasteiger partial charge >= 0.3 is 30.6 Å². The van der Waals surface area contributed by atoms with Gasteiger partial charge in [0.2, 0.25) is 0 Å². The molecule has 1 heterocycles. The van der Waals surface area contributed by atoms with Gasteiger partial charge in [0.05, 0.1) is 11.6 Å². The van der Waals surface area contributed by atoms with Crippen LogP contribution < -0.4 is 36.2 Å². The van der Waals surface area contributed by atoms with E-state index in [-0.39, 0.29) is 5.75 Å². The monoisotopic (exact) mass is 949 g/mol. The van der Waals surface area contributed by atoms with Gasteiger partial charge in [-0.2, -0.15) is 5.26 Å². The Labute approximate surface area is 382 Å². The number of hydrogen-bond donors (Lipinski definition) is 0. The quantitative estimate of drug-likeness (QED) is 0.0863. The Morgan fingerprint density at radius 2 is 0.409 bits per heavy atom. The van der Waals surface area contributed by atoms with Gasteiger partial charge in [-0.25, -0.2) is 0 Å². The minimum absolute atomic E-state index is 0.225. The van der Waals surface area contributed by atoms with Crippen molar-refractivity contribution >= 4 is 30.6 Å². The van der Waals surface area contributed by atoms with E-state index in [4.69, 9.17) is 54.3 Å². The maximum Gasteiger partial charge on any atom is 0.460 e. The van der Waals surface area contributed by atoms with Crippen LogP contribution in [-0.4, -0.2) is 0 Å². The Morgan fingerprint density at radius 1 is 0.242 bits per heavy atom. The predicted molar refractivity (Wildman–Crippen MR) is 259 cm³/mol. The number of hydrogen-bond acceptors (Lipinski definition) is 13. The molecule has 0 aromatic heterocycles. The smallest absolute Gasteiger partial charge is 0.413 e. The van der Waals surface area contributed by atoms with Crippen LogP contribution in [0.3, 0.4) is 0 Å². The van der Waals surface area contributed by atoms with E-state index in [2.05, 4.69) is 6.07 Å². The van der Waals surface area contributed by atoms with E-state index in [0.717, 1.165) is 0 Å². The molecule has 0 saturated carbocycles. The first-order valence-corrected chi connectivity index (χ1v) is 26.5. The summed E-state index contributed by atoms with van der Waals surface area (Å²) < 4.78 is 78.3. The molecule has 1 aliphatic heterocycles. The first-order chi connectivity index (χ1) is 32.4. The molecule has 9 rings (SSSR count). The minimum Gasteiger partial charge on any atom is -0.413 e. The normalized spacial score (nSPS) is 16.5. The van der Waals surface area contributed by atoms with E-state index in [0.29, 0.717) is 45.8 Å². The van der Waals surface area contributed by atoms with Crippen molar-refractivity contribution in [1.82, 2.24) is 0 Å². The molecular formula is C49H39N5O8P4. The Balaban J connectivity index is 1.48. The lowest BCUT2D eigenvalue weighted by atomic mass is 10.2.